The van der Waals surface area contributed by atoms with Gasteiger partial charge in [0.25, 0.3) is 0 Å². The Morgan fingerprint density at radius 3 is 2.65 bits per heavy atom. The van der Waals surface area contributed by atoms with Gasteiger partial charge in [0.15, 0.2) is 5.58 Å². The molecule has 0 saturated carbocycles. The van der Waals surface area contributed by atoms with Crippen molar-refractivity contribution < 1.29 is 13.9 Å². The van der Waals surface area contributed by atoms with Crippen LogP contribution in [0.25, 0.3) is 11.1 Å². The molecule has 0 fully saturated rings. The monoisotopic (exact) mass is 354 g/mol. The van der Waals surface area contributed by atoms with Crippen LogP contribution in [0.4, 0.5) is 0 Å². The number of rotatable bonds is 6. The van der Waals surface area contributed by atoms with E-state index < -0.39 is 5.76 Å². The molecule has 0 radical (unpaired) electrons. The number of hydrogen-bond acceptors (Lipinski definition) is 4. The zero-order valence-electron chi connectivity index (χ0n) is 15.1. The Bertz CT molecular complexity index is 973. The van der Waals surface area contributed by atoms with Crippen molar-refractivity contribution in [2.75, 3.05) is 14.2 Å². The highest BCUT2D eigenvalue weighted by atomic mass is 16.5. The van der Waals surface area contributed by atoms with Crippen LogP contribution in [0.1, 0.15) is 24.9 Å². The van der Waals surface area contributed by atoms with Crippen LogP contribution in [0.15, 0.2) is 57.7 Å². The fourth-order valence-corrected chi connectivity index (χ4v) is 3.05. The minimum atomic E-state index is -0.445. The Morgan fingerprint density at radius 1 is 1.19 bits per heavy atom. The van der Waals surface area contributed by atoms with Crippen LogP contribution in [-0.2, 0) is 11.3 Å². The quantitative estimate of drug-likeness (QED) is 0.682. The normalized spacial score (nSPS) is 12.1. The van der Waals surface area contributed by atoms with E-state index in [0.717, 1.165) is 11.3 Å². The van der Waals surface area contributed by atoms with Crippen molar-refractivity contribution in [2.45, 2.75) is 25.9 Å². The van der Waals surface area contributed by atoms with E-state index in [9.17, 15) is 9.59 Å². The first-order valence-electron chi connectivity index (χ1n) is 8.50. The smallest absolute Gasteiger partial charge is 0.419 e. The summed E-state index contributed by atoms with van der Waals surface area (Å²) in [5, 5.41) is 0. The summed E-state index contributed by atoms with van der Waals surface area (Å²) in [5.74, 6) is 0.247. The van der Waals surface area contributed by atoms with Gasteiger partial charge in [-0.2, -0.15) is 0 Å². The summed E-state index contributed by atoms with van der Waals surface area (Å²) in [6.07, 6.45) is 0.208. The summed E-state index contributed by atoms with van der Waals surface area (Å²) in [7, 11) is 3.37. The molecule has 1 unspecified atom stereocenters. The fraction of sp³-hybridized carbons (Fsp3) is 0.300. The summed E-state index contributed by atoms with van der Waals surface area (Å²) >= 11 is 0. The lowest BCUT2D eigenvalue weighted by atomic mass is 10.1. The van der Waals surface area contributed by atoms with Gasteiger partial charge in [-0.05, 0) is 25.1 Å². The molecule has 0 aliphatic carbocycles. The molecule has 1 aromatic heterocycles. The molecule has 136 valence electrons. The summed E-state index contributed by atoms with van der Waals surface area (Å²) in [5.41, 5.74) is 2.17. The molecule has 26 heavy (non-hydrogen) atoms. The van der Waals surface area contributed by atoms with Crippen LogP contribution >= 0.6 is 0 Å². The Balaban J connectivity index is 1.73. The summed E-state index contributed by atoms with van der Waals surface area (Å²) in [6, 6.07) is 14.7. The minimum absolute atomic E-state index is 0.0550. The van der Waals surface area contributed by atoms with E-state index in [2.05, 4.69) is 0 Å². The van der Waals surface area contributed by atoms with Crippen LogP contribution in [0.3, 0.4) is 0 Å². The van der Waals surface area contributed by atoms with Crippen molar-refractivity contribution >= 4 is 17.0 Å². The van der Waals surface area contributed by atoms with E-state index in [1.54, 1.807) is 25.1 Å². The van der Waals surface area contributed by atoms with Gasteiger partial charge in [0.05, 0.1) is 18.7 Å². The van der Waals surface area contributed by atoms with E-state index in [1.165, 1.54) is 4.57 Å². The number of carbonyl (C=O) groups is 1. The number of methoxy groups -OCH3 is 1. The zero-order valence-corrected chi connectivity index (χ0v) is 15.1. The molecular weight excluding hydrogens is 332 g/mol. The van der Waals surface area contributed by atoms with Crippen LogP contribution in [-0.4, -0.2) is 29.5 Å². The molecule has 0 spiro atoms. The van der Waals surface area contributed by atoms with Crippen LogP contribution in [0.2, 0.25) is 0 Å². The summed E-state index contributed by atoms with van der Waals surface area (Å²) in [6.45, 7) is 2.23. The third kappa shape index (κ3) is 3.35. The molecule has 0 aliphatic heterocycles. The number of nitrogens with zero attached hydrogens (tertiary/aromatic N) is 2. The molecule has 0 bridgehead atoms. The number of carbonyl (C=O) groups excluding carboxylic acids is 1. The first-order chi connectivity index (χ1) is 12.5. The molecular formula is C20H22N2O4. The lowest BCUT2D eigenvalue weighted by molar-refractivity contribution is -0.132. The van der Waals surface area contributed by atoms with Gasteiger partial charge in [-0.3, -0.25) is 9.36 Å². The number of benzene rings is 2. The fourth-order valence-electron chi connectivity index (χ4n) is 3.05. The second-order valence-electron chi connectivity index (χ2n) is 6.16. The molecule has 1 amide bonds. The molecule has 0 aliphatic rings. The van der Waals surface area contributed by atoms with E-state index >= 15 is 0 Å². The number of amides is 1. The number of para-hydroxylation sites is 3. The molecule has 0 saturated heterocycles. The molecule has 6 heteroatoms. The van der Waals surface area contributed by atoms with Gasteiger partial charge in [0, 0.05) is 25.6 Å². The van der Waals surface area contributed by atoms with Crippen molar-refractivity contribution in [1.82, 2.24) is 9.47 Å². The van der Waals surface area contributed by atoms with E-state index in [-0.39, 0.29) is 24.9 Å². The van der Waals surface area contributed by atoms with E-state index in [0.29, 0.717) is 11.1 Å². The second kappa shape index (κ2) is 7.47. The van der Waals surface area contributed by atoms with Crippen LogP contribution in [0, 0.1) is 0 Å². The maximum Gasteiger partial charge on any atom is 0.419 e. The third-order valence-electron chi connectivity index (χ3n) is 4.69. The lowest BCUT2D eigenvalue weighted by Crippen LogP contribution is -2.31. The van der Waals surface area contributed by atoms with Crippen molar-refractivity contribution in [3.05, 3.63) is 64.6 Å². The topological polar surface area (TPSA) is 64.7 Å². The first kappa shape index (κ1) is 17.8. The van der Waals surface area contributed by atoms with E-state index in [1.807, 2.05) is 49.4 Å². The first-order valence-corrected chi connectivity index (χ1v) is 8.50. The molecule has 3 aromatic rings. The maximum absolute atomic E-state index is 12.6. The standard InChI is InChI=1S/C20H22N2O4/c1-14(15-8-4-6-10-17(15)25-3)21(2)19(23)12-13-22-16-9-5-7-11-18(16)26-20(22)24/h4-11,14H,12-13H2,1-3H3. The summed E-state index contributed by atoms with van der Waals surface area (Å²) < 4.78 is 12.1. The van der Waals surface area contributed by atoms with Crippen LogP contribution < -0.4 is 10.5 Å². The minimum Gasteiger partial charge on any atom is -0.496 e. The van der Waals surface area contributed by atoms with Gasteiger partial charge < -0.3 is 14.1 Å². The number of fused-ring (bicyclic) bond motifs is 1. The molecule has 6 nitrogen and oxygen atoms in total. The molecule has 1 atom stereocenters. The average molecular weight is 354 g/mol. The SMILES string of the molecule is COc1ccccc1C(C)N(C)C(=O)CCn1c(=O)oc2ccccc21. The molecule has 1 heterocycles. The van der Waals surface area contributed by atoms with Gasteiger partial charge in [-0.1, -0.05) is 30.3 Å². The van der Waals surface area contributed by atoms with Gasteiger partial charge in [0.1, 0.15) is 5.75 Å². The van der Waals surface area contributed by atoms with Gasteiger partial charge >= 0.3 is 5.76 Å². The highest BCUT2D eigenvalue weighted by Gasteiger charge is 2.20. The predicted molar refractivity (Wildman–Crippen MR) is 99.3 cm³/mol. The lowest BCUT2D eigenvalue weighted by Gasteiger charge is -2.26. The van der Waals surface area contributed by atoms with Crippen LogP contribution in [0.5, 0.6) is 5.75 Å². The summed E-state index contributed by atoms with van der Waals surface area (Å²) in [4.78, 5) is 26.3. The van der Waals surface area contributed by atoms with Crippen molar-refractivity contribution in [1.29, 1.82) is 0 Å². The zero-order chi connectivity index (χ0) is 18.7. The number of aromatic nitrogens is 1. The Labute approximate surface area is 151 Å². The Morgan fingerprint density at radius 2 is 1.88 bits per heavy atom. The number of ether oxygens (including phenoxy) is 1. The van der Waals surface area contributed by atoms with Crippen molar-refractivity contribution in [3.8, 4) is 5.75 Å². The highest BCUT2D eigenvalue weighted by Crippen LogP contribution is 2.28. The Hall–Kier alpha value is -3.02. The molecule has 2 aromatic carbocycles. The van der Waals surface area contributed by atoms with Crippen molar-refractivity contribution in [2.24, 2.45) is 0 Å². The number of hydrogen-bond donors (Lipinski definition) is 0. The van der Waals surface area contributed by atoms with Crippen molar-refractivity contribution in [3.63, 3.8) is 0 Å². The molecule has 3 rings (SSSR count). The highest BCUT2D eigenvalue weighted by molar-refractivity contribution is 5.77. The van der Waals surface area contributed by atoms with E-state index in [4.69, 9.17) is 9.15 Å². The third-order valence-corrected chi connectivity index (χ3v) is 4.69. The van der Waals surface area contributed by atoms with Gasteiger partial charge in [-0.25, -0.2) is 4.79 Å². The average Bonchev–Trinajstić information content (AvgIpc) is 2.99. The Kier molecular flexibility index (Phi) is 5.11. The van der Waals surface area contributed by atoms with Gasteiger partial charge in [0.2, 0.25) is 5.91 Å². The van der Waals surface area contributed by atoms with Gasteiger partial charge in [-0.15, -0.1) is 0 Å². The number of oxazole rings is 1. The second-order valence-corrected chi connectivity index (χ2v) is 6.16. The molecule has 0 N–H and O–H groups in total. The number of aryl methyl sites for hydroxylation is 1. The maximum atomic E-state index is 12.6. The predicted octanol–water partition coefficient (Wildman–Crippen LogP) is 3.21. The largest absolute Gasteiger partial charge is 0.496 e.